The number of hydrogen-bond acceptors (Lipinski definition) is 4. The molecule has 0 saturated carbocycles. The number of ether oxygens (including phenoxy) is 1. The zero-order valence-corrected chi connectivity index (χ0v) is 16.1. The predicted molar refractivity (Wildman–Crippen MR) is 111 cm³/mol. The van der Waals surface area contributed by atoms with Crippen molar-refractivity contribution in [2.45, 2.75) is 13.3 Å². The van der Waals surface area contributed by atoms with Crippen molar-refractivity contribution in [2.24, 2.45) is 0 Å². The largest absolute Gasteiger partial charge is 0.497 e. The lowest BCUT2D eigenvalue weighted by molar-refractivity contribution is 0.252. The number of carbonyl (C=O) groups is 1. The van der Waals surface area contributed by atoms with Gasteiger partial charge in [0.25, 0.3) is 0 Å². The molecule has 0 spiro atoms. The minimum Gasteiger partial charge on any atom is -0.497 e. The van der Waals surface area contributed by atoms with Gasteiger partial charge in [0.15, 0.2) is 0 Å². The molecule has 2 amide bonds. The Balaban J connectivity index is 1.52. The minimum atomic E-state index is -0.155. The van der Waals surface area contributed by atoms with Gasteiger partial charge in [0.2, 0.25) is 0 Å². The van der Waals surface area contributed by atoms with Crippen LogP contribution in [-0.2, 0) is 0 Å². The maximum atomic E-state index is 11.7. The Morgan fingerprint density at radius 1 is 0.926 bits per heavy atom. The van der Waals surface area contributed by atoms with Crippen molar-refractivity contribution in [3.63, 3.8) is 0 Å². The summed E-state index contributed by atoms with van der Waals surface area (Å²) in [6.07, 6.45) is 0.925. The average molecular weight is 368 g/mol. The molecule has 0 atom stereocenters. The van der Waals surface area contributed by atoms with E-state index in [1.165, 1.54) is 11.4 Å². The number of methoxy groups -OCH3 is 1. The van der Waals surface area contributed by atoms with Gasteiger partial charge in [0.05, 0.1) is 7.11 Å². The van der Waals surface area contributed by atoms with E-state index in [9.17, 15) is 4.79 Å². The molecule has 0 aromatic heterocycles. The van der Waals surface area contributed by atoms with Gasteiger partial charge < -0.3 is 25.2 Å². The zero-order chi connectivity index (χ0) is 19.1. The van der Waals surface area contributed by atoms with Crippen LogP contribution in [0.4, 0.5) is 21.9 Å². The van der Waals surface area contributed by atoms with Crippen LogP contribution in [-0.4, -0.2) is 45.9 Å². The first-order valence-electron chi connectivity index (χ1n) is 9.48. The third-order valence-corrected chi connectivity index (χ3v) is 4.74. The summed E-state index contributed by atoms with van der Waals surface area (Å²) in [6.45, 7) is 6.61. The summed E-state index contributed by atoms with van der Waals surface area (Å²) >= 11 is 0. The molecule has 6 nitrogen and oxygen atoms in total. The third kappa shape index (κ3) is 5.06. The standard InChI is InChI=1S/C21H28N4O2/c1-3-12-22-21(26)23-17-4-6-18(7-5-17)24-13-15-25(16-14-24)19-8-10-20(27-2)11-9-19/h4-11H,3,12-16H2,1-2H3,(H2,22,23,26). The summed E-state index contributed by atoms with van der Waals surface area (Å²) in [5.74, 6) is 0.884. The highest BCUT2D eigenvalue weighted by atomic mass is 16.5. The molecule has 1 aliphatic heterocycles. The lowest BCUT2D eigenvalue weighted by Gasteiger charge is -2.37. The number of nitrogens with one attached hydrogen (secondary N) is 2. The van der Waals surface area contributed by atoms with Gasteiger partial charge in [-0.1, -0.05) is 6.92 Å². The Morgan fingerprint density at radius 3 is 1.93 bits per heavy atom. The average Bonchev–Trinajstić information content (AvgIpc) is 2.73. The van der Waals surface area contributed by atoms with Gasteiger partial charge in [-0.25, -0.2) is 4.79 Å². The second kappa shape index (κ2) is 9.16. The van der Waals surface area contributed by atoms with E-state index in [0.717, 1.165) is 44.0 Å². The first-order valence-corrected chi connectivity index (χ1v) is 9.48. The molecular weight excluding hydrogens is 340 g/mol. The molecular formula is C21H28N4O2. The molecule has 2 aromatic carbocycles. The SMILES string of the molecule is CCCNC(=O)Nc1ccc(N2CCN(c3ccc(OC)cc3)CC2)cc1. The van der Waals surface area contributed by atoms with E-state index in [0.29, 0.717) is 6.54 Å². The topological polar surface area (TPSA) is 56.8 Å². The van der Waals surface area contributed by atoms with Crippen LogP contribution in [0.25, 0.3) is 0 Å². The van der Waals surface area contributed by atoms with Crippen molar-refractivity contribution in [3.8, 4) is 5.75 Å². The molecule has 0 unspecified atom stereocenters. The van der Waals surface area contributed by atoms with Crippen LogP contribution in [0.2, 0.25) is 0 Å². The molecule has 0 aliphatic carbocycles. The van der Waals surface area contributed by atoms with E-state index < -0.39 is 0 Å². The fourth-order valence-corrected chi connectivity index (χ4v) is 3.19. The van der Waals surface area contributed by atoms with Gasteiger partial charge in [-0.2, -0.15) is 0 Å². The number of urea groups is 1. The Hall–Kier alpha value is -2.89. The fourth-order valence-electron chi connectivity index (χ4n) is 3.19. The molecule has 1 saturated heterocycles. The molecule has 2 N–H and O–H groups in total. The van der Waals surface area contributed by atoms with Crippen molar-refractivity contribution in [1.29, 1.82) is 0 Å². The summed E-state index contributed by atoms with van der Waals surface area (Å²) in [6, 6.07) is 16.1. The number of hydrogen-bond donors (Lipinski definition) is 2. The number of nitrogens with zero attached hydrogens (tertiary/aromatic N) is 2. The van der Waals surface area contributed by atoms with Crippen molar-refractivity contribution >= 4 is 23.1 Å². The predicted octanol–water partition coefficient (Wildman–Crippen LogP) is 3.55. The Labute approximate surface area is 161 Å². The number of anilines is 3. The maximum Gasteiger partial charge on any atom is 0.319 e. The molecule has 1 fully saturated rings. The monoisotopic (exact) mass is 368 g/mol. The molecule has 2 aromatic rings. The maximum absolute atomic E-state index is 11.7. The third-order valence-electron chi connectivity index (χ3n) is 4.74. The molecule has 27 heavy (non-hydrogen) atoms. The number of benzene rings is 2. The quantitative estimate of drug-likeness (QED) is 0.819. The van der Waals surface area contributed by atoms with Gasteiger partial charge >= 0.3 is 6.03 Å². The van der Waals surface area contributed by atoms with Crippen LogP contribution < -0.4 is 25.2 Å². The van der Waals surface area contributed by atoms with E-state index in [4.69, 9.17) is 4.74 Å². The van der Waals surface area contributed by atoms with Gasteiger partial charge in [-0.15, -0.1) is 0 Å². The first-order chi connectivity index (χ1) is 13.2. The fraction of sp³-hybridized carbons (Fsp3) is 0.381. The molecule has 1 heterocycles. The molecule has 0 radical (unpaired) electrons. The van der Waals surface area contributed by atoms with Gasteiger partial charge in [-0.3, -0.25) is 0 Å². The first kappa shape index (κ1) is 18.9. The molecule has 0 bridgehead atoms. The van der Waals surface area contributed by atoms with Crippen molar-refractivity contribution in [1.82, 2.24) is 5.32 Å². The van der Waals surface area contributed by atoms with E-state index in [-0.39, 0.29) is 6.03 Å². The number of carbonyl (C=O) groups excluding carboxylic acids is 1. The summed E-state index contributed by atoms with van der Waals surface area (Å²) in [5.41, 5.74) is 3.22. The van der Waals surface area contributed by atoms with Crippen LogP contribution >= 0.6 is 0 Å². The summed E-state index contributed by atoms with van der Waals surface area (Å²) in [7, 11) is 1.69. The van der Waals surface area contributed by atoms with Gasteiger partial charge in [0.1, 0.15) is 5.75 Å². The molecule has 144 valence electrons. The van der Waals surface area contributed by atoms with Gasteiger partial charge in [0, 0.05) is 49.8 Å². The van der Waals surface area contributed by atoms with E-state index in [1.807, 2.05) is 31.2 Å². The zero-order valence-electron chi connectivity index (χ0n) is 16.1. The summed E-state index contributed by atoms with van der Waals surface area (Å²) in [5, 5.41) is 5.67. The lowest BCUT2D eigenvalue weighted by atomic mass is 10.2. The van der Waals surface area contributed by atoms with Gasteiger partial charge in [-0.05, 0) is 55.0 Å². The lowest BCUT2D eigenvalue weighted by Crippen LogP contribution is -2.46. The molecule has 6 heteroatoms. The Kier molecular flexibility index (Phi) is 6.41. The van der Waals surface area contributed by atoms with E-state index in [1.54, 1.807) is 7.11 Å². The second-order valence-electron chi connectivity index (χ2n) is 6.60. The highest BCUT2D eigenvalue weighted by Gasteiger charge is 2.17. The Bertz CT molecular complexity index is 723. The van der Waals surface area contributed by atoms with Crippen molar-refractivity contribution in [3.05, 3.63) is 48.5 Å². The summed E-state index contributed by atoms with van der Waals surface area (Å²) in [4.78, 5) is 16.5. The van der Waals surface area contributed by atoms with Crippen LogP contribution in [0, 0.1) is 0 Å². The smallest absolute Gasteiger partial charge is 0.319 e. The van der Waals surface area contributed by atoms with E-state index >= 15 is 0 Å². The van der Waals surface area contributed by atoms with Crippen LogP contribution in [0.3, 0.4) is 0 Å². The van der Waals surface area contributed by atoms with Crippen molar-refractivity contribution in [2.75, 3.05) is 55.0 Å². The second-order valence-corrected chi connectivity index (χ2v) is 6.60. The molecule has 3 rings (SSSR count). The summed E-state index contributed by atoms with van der Waals surface area (Å²) < 4.78 is 5.23. The minimum absolute atomic E-state index is 0.155. The molecule has 1 aliphatic rings. The Morgan fingerprint density at radius 2 is 1.44 bits per heavy atom. The van der Waals surface area contributed by atoms with Crippen molar-refractivity contribution < 1.29 is 9.53 Å². The number of piperazine rings is 1. The number of amides is 2. The van der Waals surface area contributed by atoms with E-state index in [2.05, 4.69) is 44.7 Å². The van der Waals surface area contributed by atoms with Crippen LogP contribution in [0.5, 0.6) is 5.75 Å². The highest BCUT2D eigenvalue weighted by Crippen LogP contribution is 2.23. The number of rotatable bonds is 6. The van der Waals surface area contributed by atoms with Crippen LogP contribution in [0.15, 0.2) is 48.5 Å². The normalized spacial score (nSPS) is 14.0. The highest BCUT2D eigenvalue weighted by molar-refractivity contribution is 5.89. The van der Waals surface area contributed by atoms with Crippen LogP contribution in [0.1, 0.15) is 13.3 Å².